The summed E-state index contributed by atoms with van der Waals surface area (Å²) in [6.07, 6.45) is 1.23. The van der Waals surface area contributed by atoms with Crippen LogP contribution in [0.2, 0.25) is 0 Å². The van der Waals surface area contributed by atoms with Crippen LogP contribution in [0.15, 0.2) is 0 Å². The fourth-order valence-electron chi connectivity index (χ4n) is 3.05. The molecule has 0 bridgehead atoms. The number of carbonyl (C=O) groups is 5. The number of carbonyl (C=O) groups excluding carboxylic acids is 5. The zero-order valence-electron chi connectivity index (χ0n) is 23.9. The Labute approximate surface area is 230 Å². The molecule has 13 heteroatoms. The molecule has 39 heavy (non-hydrogen) atoms. The van der Waals surface area contributed by atoms with Crippen LogP contribution in [0, 0.1) is 5.92 Å². The largest absolute Gasteiger partial charge is 0.469 e. The topological polar surface area (TPSA) is 162 Å². The molecule has 0 aromatic carbocycles. The monoisotopic (exact) mass is 563 g/mol. The second kappa shape index (κ2) is 22.1. The molecule has 0 fully saturated rings. The molecule has 0 aliphatic heterocycles. The van der Waals surface area contributed by atoms with E-state index < -0.39 is 23.4 Å². The summed E-state index contributed by atoms with van der Waals surface area (Å²) in [5.41, 5.74) is -1.20. The lowest BCUT2D eigenvalue weighted by Gasteiger charge is -2.34. The maximum absolute atomic E-state index is 12.9. The van der Waals surface area contributed by atoms with E-state index in [-0.39, 0.29) is 89.5 Å². The molecule has 0 saturated heterocycles. The number of amides is 1. The van der Waals surface area contributed by atoms with Gasteiger partial charge in [0.05, 0.1) is 86.8 Å². The molecule has 0 unspecified atom stereocenters. The van der Waals surface area contributed by atoms with E-state index in [0.717, 1.165) is 0 Å². The molecule has 0 spiro atoms. The molecular formula is C26H45NO12. The van der Waals surface area contributed by atoms with Crippen molar-refractivity contribution in [3.63, 3.8) is 0 Å². The van der Waals surface area contributed by atoms with Crippen molar-refractivity contribution in [2.24, 2.45) is 5.92 Å². The van der Waals surface area contributed by atoms with Crippen LogP contribution >= 0.6 is 0 Å². The van der Waals surface area contributed by atoms with Crippen LogP contribution in [-0.4, -0.2) is 103 Å². The van der Waals surface area contributed by atoms with Crippen molar-refractivity contribution >= 4 is 29.8 Å². The van der Waals surface area contributed by atoms with E-state index in [0.29, 0.717) is 19.4 Å². The first kappa shape index (κ1) is 36.2. The third-order valence-corrected chi connectivity index (χ3v) is 5.19. The molecular weight excluding hydrogens is 518 g/mol. The minimum atomic E-state index is -1.20. The molecule has 0 aliphatic carbocycles. The molecule has 0 atom stereocenters. The average Bonchev–Trinajstić information content (AvgIpc) is 2.92. The van der Waals surface area contributed by atoms with Gasteiger partial charge in [0.15, 0.2) is 0 Å². The summed E-state index contributed by atoms with van der Waals surface area (Å²) in [4.78, 5) is 59.0. The quantitative estimate of drug-likeness (QED) is 0.108. The van der Waals surface area contributed by atoms with E-state index in [1.807, 2.05) is 13.8 Å². The second-order valence-electron chi connectivity index (χ2n) is 9.25. The Balaban J connectivity index is 5.22. The number of nitrogens with one attached hydrogen (secondary N) is 1. The SMILES string of the molecule is COC(=O)CCOCC(COCCC(=O)OC)(COCCC(=O)OC)NC(=O)CCCCC(=O)OCC(C)C. The van der Waals surface area contributed by atoms with Crippen molar-refractivity contribution in [2.75, 3.05) is 67.6 Å². The van der Waals surface area contributed by atoms with E-state index in [1.54, 1.807) is 0 Å². The van der Waals surface area contributed by atoms with Crippen molar-refractivity contribution in [1.82, 2.24) is 5.32 Å². The minimum Gasteiger partial charge on any atom is -0.469 e. The third-order valence-electron chi connectivity index (χ3n) is 5.19. The zero-order chi connectivity index (χ0) is 29.5. The predicted molar refractivity (Wildman–Crippen MR) is 137 cm³/mol. The number of esters is 4. The van der Waals surface area contributed by atoms with E-state index in [4.69, 9.17) is 18.9 Å². The van der Waals surface area contributed by atoms with Crippen LogP contribution in [0.25, 0.3) is 0 Å². The minimum absolute atomic E-state index is 0.000168. The molecule has 1 N–H and O–H groups in total. The van der Waals surface area contributed by atoms with E-state index >= 15 is 0 Å². The van der Waals surface area contributed by atoms with Crippen LogP contribution in [0.4, 0.5) is 0 Å². The molecule has 0 aliphatic rings. The summed E-state index contributed by atoms with van der Waals surface area (Å²) in [6.45, 7) is 4.04. The first-order valence-corrected chi connectivity index (χ1v) is 13.0. The van der Waals surface area contributed by atoms with Gasteiger partial charge >= 0.3 is 23.9 Å². The van der Waals surface area contributed by atoms with Crippen molar-refractivity contribution < 1.29 is 57.1 Å². The Hall–Kier alpha value is -2.77. The highest BCUT2D eigenvalue weighted by Gasteiger charge is 2.34. The van der Waals surface area contributed by atoms with Gasteiger partial charge in [0.25, 0.3) is 0 Å². The molecule has 0 aromatic heterocycles. The summed E-state index contributed by atoms with van der Waals surface area (Å²) in [5, 5.41) is 2.89. The Morgan fingerprint density at radius 1 is 0.615 bits per heavy atom. The number of ether oxygens (including phenoxy) is 7. The lowest BCUT2D eigenvalue weighted by atomic mass is 10.0. The maximum Gasteiger partial charge on any atom is 0.307 e. The Morgan fingerprint density at radius 3 is 1.41 bits per heavy atom. The molecule has 0 radical (unpaired) electrons. The van der Waals surface area contributed by atoms with Gasteiger partial charge in [0.2, 0.25) is 5.91 Å². The van der Waals surface area contributed by atoms with E-state index in [1.165, 1.54) is 21.3 Å². The molecule has 0 saturated carbocycles. The van der Waals surface area contributed by atoms with Crippen molar-refractivity contribution in [1.29, 1.82) is 0 Å². The zero-order valence-corrected chi connectivity index (χ0v) is 23.9. The first-order valence-electron chi connectivity index (χ1n) is 13.0. The smallest absolute Gasteiger partial charge is 0.307 e. The van der Waals surface area contributed by atoms with Gasteiger partial charge in [-0.1, -0.05) is 13.8 Å². The standard InChI is InChI=1S/C26H45NO12/c1-20(2)16-39-25(32)9-7-6-8-21(28)27-26(17-36-13-10-22(29)33-3,18-37-14-11-23(30)34-4)19-38-15-12-24(31)35-5/h20H,6-19H2,1-5H3,(H,27,28). The van der Waals surface area contributed by atoms with Gasteiger partial charge in [0, 0.05) is 12.8 Å². The number of hydrogen-bond donors (Lipinski definition) is 1. The molecule has 0 heterocycles. The Kier molecular flexibility index (Phi) is 20.5. The number of methoxy groups -OCH3 is 3. The van der Waals surface area contributed by atoms with Gasteiger partial charge in [0.1, 0.15) is 5.54 Å². The van der Waals surface area contributed by atoms with Gasteiger partial charge < -0.3 is 38.5 Å². The fourth-order valence-corrected chi connectivity index (χ4v) is 3.05. The van der Waals surface area contributed by atoms with Crippen molar-refractivity contribution in [3.05, 3.63) is 0 Å². The van der Waals surface area contributed by atoms with Crippen molar-refractivity contribution in [2.45, 2.75) is 64.3 Å². The van der Waals surface area contributed by atoms with Crippen LogP contribution in [0.5, 0.6) is 0 Å². The Morgan fingerprint density at radius 2 is 1.03 bits per heavy atom. The summed E-state index contributed by atoms with van der Waals surface area (Å²) in [5.74, 6) is -1.78. The summed E-state index contributed by atoms with van der Waals surface area (Å²) < 4.78 is 35.9. The molecule has 226 valence electrons. The molecule has 1 amide bonds. The summed E-state index contributed by atoms with van der Waals surface area (Å²) >= 11 is 0. The molecule has 0 rings (SSSR count). The maximum atomic E-state index is 12.9. The number of hydrogen-bond acceptors (Lipinski definition) is 12. The highest BCUT2D eigenvalue weighted by Crippen LogP contribution is 2.12. The van der Waals surface area contributed by atoms with E-state index in [2.05, 4.69) is 19.5 Å². The van der Waals surface area contributed by atoms with E-state index in [9.17, 15) is 24.0 Å². The first-order chi connectivity index (χ1) is 18.6. The van der Waals surface area contributed by atoms with Gasteiger partial charge in [-0.25, -0.2) is 0 Å². The lowest BCUT2D eigenvalue weighted by molar-refractivity contribution is -0.145. The third kappa shape index (κ3) is 19.9. The normalized spacial score (nSPS) is 11.1. The van der Waals surface area contributed by atoms with Crippen molar-refractivity contribution in [3.8, 4) is 0 Å². The average molecular weight is 564 g/mol. The van der Waals surface area contributed by atoms with Crippen LogP contribution in [0.1, 0.15) is 58.8 Å². The lowest BCUT2D eigenvalue weighted by Crippen LogP contribution is -2.58. The van der Waals surface area contributed by atoms with Crippen LogP contribution in [-0.2, 0) is 57.1 Å². The summed E-state index contributed by atoms with van der Waals surface area (Å²) in [7, 11) is 3.80. The van der Waals surface area contributed by atoms with Gasteiger partial charge in [-0.2, -0.15) is 0 Å². The van der Waals surface area contributed by atoms with Crippen LogP contribution < -0.4 is 5.32 Å². The second-order valence-corrected chi connectivity index (χ2v) is 9.25. The fraction of sp³-hybridized carbons (Fsp3) is 0.808. The molecule has 0 aromatic rings. The van der Waals surface area contributed by atoms with Gasteiger partial charge in [-0.05, 0) is 18.8 Å². The van der Waals surface area contributed by atoms with Crippen LogP contribution in [0.3, 0.4) is 0 Å². The highest BCUT2D eigenvalue weighted by molar-refractivity contribution is 5.77. The van der Waals surface area contributed by atoms with Gasteiger partial charge in [-0.3, -0.25) is 24.0 Å². The highest BCUT2D eigenvalue weighted by atomic mass is 16.5. The summed E-state index contributed by atoms with van der Waals surface area (Å²) in [6, 6.07) is 0. The number of rotatable bonds is 23. The number of unbranched alkanes of at least 4 members (excludes halogenated alkanes) is 1. The molecule has 13 nitrogen and oxygen atoms in total. The van der Waals surface area contributed by atoms with Gasteiger partial charge in [-0.15, -0.1) is 0 Å². The Bertz CT molecular complexity index is 681. The predicted octanol–water partition coefficient (Wildman–Crippen LogP) is 1.34.